The summed E-state index contributed by atoms with van der Waals surface area (Å²) in [5, 5.41) is 9.41. The fourth-order valence-electron chi connectivity index (χ4n) is 3.10. The van der Waals surface area contributed by atoms with Gasteiger partial charge in [-0.25, -0.2) is 4.98 Å². The van der Waals surface area contributed by atoms with Gasteiger partial charge in [-0.05, 0) is 49.6 Å². The minimum absolute atomic E-state index is 0.0141. The highest BCUT2D eigenvalue weighted by atomic mass is 16.3. The average Bonchev–Trinajstić information content (AvgIpc) is 3.03. The molecular weight excluding hydrogens is 290 g/mol. The van der Waals surface area contributed by atoms with Gasteiger partial charge < -0.3 is 15.7 Å². The van der Waals surface area contributed by atoms with Crippen LogP contribution in [0.1, 0.15) is 28.9 Å². The van der Waals surface area contributed by atoms with Gasteiger partial charge in [-0.3, -0.25) is 4.79 Å². The van der Waals surface area contributed by atoms with Crippen molar-refractivity contribution >= 4 is 11.7 Å². The molecular formula is C18H21N3O2. The largest absolute Gasteiger partial charge is 0.394 e. The summed E-state index contributed by atoms with van der Waals surface area (Å²) in [5.41, 5.74) is 9.18. The zero-order valence-electron chi connectivity index (χ0n) is 13.2. The van der Waals surface area contributed by atoms with Gasteiger partial charge in [0.05, 0.1) is 12.6 Å². The van der Waals surface area contributed by atoms with E-state index in [1.165, 1.54) is 0 Å². The molecule has 1 unspecified atom stereocenters. The number of benzene rings is 1. The number of nitrogens with two attached hydrogens (primary N) is 1. The summed E-state index contributed by atoms with van der Waals surface area (Å²) in [5.74, 6) is 0.422. The molecule has 1 aliphatic heterocycles. The average molecular weight is 311 g/mol. The second kappa shape index (κ2) is 6.38. The van der Waals surface area contributed by atoms with Crippen molar-refractivity contribution in [3.63, 3.8) is 0 Å². The van der Waals surface area contributed by atoms with Gasteiger partial charge in [-0.2, -0.15) is 0 Å². The number of nitrogen functional groups attached to an aromatic ring is 1. The topological polar surface area (TPSA) is 79.5 Å². The van der Waals surface area contributed by atoms with E-state index in [9.17, 15) is 9.90 Å². The standard InChI is InChI=1S/C18H21N3O2/c1-12-7-8-16(17(19)20-12)13-4-2-5-14(10-13)18(23)21-9-3-6-15(21)11-22/h2,4-5,7-8,10,15,22H,3,6,9,11H2,1H3,(H2,19,20). The first-order valence-corrected chi connectivity index (χ1v) is 7.85. The van der Waals surface area contributed by atoms with Gasteiger partial charge in [0.2, 0.25) is 0 Å². The molecule has 1 atom stereocenters. The monoisotopic (exact) mass is 311 g/mol. The molecule has 0 radical (unpaired) electrons. The van der Waals surface area contributed by atoms with Gasteiger partial charge >= 0.3 is 0 Å². The molecule has 0 saturated carbocycles. The molecule has 3 rings (SSSR count). The second-order valence-electron chi connectivity index (χ2n) is 5.94. The molecule has 0 aliphatic carbocycles. The third-order valence-electron chi connectivity index (χ3n) is 4.33. The number of aromatic nitrogens is 1. The Kier molecular flexibility index (Phi) is 4.30. The zero-order chi connectivity index (χ0) is 16.4. The van der Waals surface area contributed by atoms with E-state index in [-0.39, 0.29) is 18.6 Å². The van der Waals surface area contributed by atoms with Crippen LogP contribution in [-0.4, -0.2) is 40.1 Å². The van der Waals surface area contributed by atoms with E-state index >= 15 is 0 Å². The van der Waals surface area contributed by atoms with E-state index in [0.29, 0.717) is 17.9 Å². The number of likely N-dealkylation sites (tertiary alicyclic amines) is 1. The fourth-order valence-corrected chi connectivity index (χ4v) is 3.10. The molecule has 120 valence electrons. The normalized spacial score (nSPS) is 17.5. The third kappa shape index (κ3) is 3.05. The molecule has 1 saturated heterocycles. The van der Waals surface area contributed by atoms with E-state index in [2.05, 4.69) is 4.98 Å². The number of nitrogens with zero attached hydrogens (tertiary/aromatic N) is 2. The number of carbonyl (C=O) groups excluding carboxylic acids is 1. The first-order chi connectivity index (χ1) is 11.1. The van der Waals surface area contributed by atoms with Crippen LogP contribution in [0.4, 0.5) is 5.82 Å². The van der Waals surface area contributed by atoms with Gasteiger partial charge in [-0.1, -0.05) is 12.1 Å². The zero-order valence-corrected chi connectivity index (χ0v) is 13.2. The second-order valence-corrected chi connectivity index (χ2v) is 5.94. The summed E-state index contributed by atoms with van der Waals surface area (Å²) in [4.78, 5) is 18.7. The highest BCUT2D eigenvalue weighted by Crippen LogP contribution is 2.27. The van der Waals surface area contributed by atoms with Crippen LogP contribution < -0.4 is 5.73 Å². The molecule has 5 heteroatoms. The molecule has 1 aliphatic rings. The molecule has 3 N–H and O–H groups in total. The number of aliphatic hydroxyl groups excluding tert-OH is 1. The maximum absolute atomic E-state index is 12.7. The smallest absolute Gasteiger partial charge is 0.254 e. The maximum Gasteiger partial charge on any atom is 0.254 e. The Hall–Kier alpha value is -2.40. The lowest BCUT2D eigenvalue weighted by molar-refractivity contribution is 0.0677. The number of hydrogen-bond donors (Lipinski definition) is 2. The molecule has 1 aromatic carbocycles. The van der Waals surface area contributed by atoms with E-state index in [1.807, 2.05) is 37.3 Å². The Balaban J connectivity index is 1.92. The van der Waals surface area contributed by atoms with Crippen molar-refractivity contribution in [2.24, 2.45) is 0 Å². The predicted molar refractivity (Wildman–Crippen MR) is 90.0 cm³/mol. The summed E-state index contributed by atoms with van der Waals surface area (Å²) in [6.45, 7) is 2.60. The van der Waals surface area contributed by atoms with Crippen LogP contribution >= 0.6 is 0 Å². The van der Waals surface area contributed by atoms with Crippen LogP contribution in [-0.2, 0) is 0 Å². The quantitative estimate of drug-likeness (QED) is 0.911. The molecule has 1 amide bonds. The van der Waals surface area contributed by atoms with E-state index in [1.54, 1.807) is 11.0 Å². The Morgan fingerprint density at radius 3 is 2.96 bits per heavy atom. The van der Waals surface area contributed by atoms with Gasteiger partial charge in [0, 0.05) is 23.4 Å². The van der Waals surface area contributed by atoms with Crippen molar-refractivity contribution in [1.29, 1.82) is 0 Å². The van der Waals surface area contributed by atoms with Gasteiger partial charge in [0.1, 0.15) is 5.82 Å². The first kappa shape index (κ1) is 15.5. The van der Waals surface area contributed by atoms with E-state index < -0.39 is 0 Å². The summed E-state index contributed by atoms with van der Waals surface area (Å²) < 4.78 is 0. The Morgan fingerprint density at radius 2 is 2.22 bits per heavy atom. The van der Waals surface area contributed by atoms with Crippen LogP contribution in [0.3, 0.4) is 0 Å². The van der Waals surface area contributed by atoms with Crippen LogP contribution in [0.5, 0.6) is 0 Å². The summed E-state index contributed by atoms with van der Waals surface area (Å²) >= 11 is 0. The minimum Gasteiger partial charge on any atom is -0.394 e. The Bertz CT molecular complexity index is 730. The Morgan fingerprint density at radius 1 is 1.39 bits per heavy atom. The highest BCUT2D eigenvalue weighted by molar-refractivity contribution is 5.96. The third-order valence-corrected chi connectivity index (χ3v) is 4.33. The highest BCUT2D eigenvalue weighted by Gasteiger charge is 2.28. The molecule has 1 aromatic heterocycles. The number of anilines is 1. The molecule has 1 fully saturated rings. The molecule has 2 aromatic rings. The summed E-state index contributed by atoms with van der Waals surface area (Å²) in [6, 6.07) is 11.2. The van der Waals surface area contributed by atoms with Crippen molar-refractivity contribution in [1.82, 2.24) is 9.88 Å². The van der Waals surface area contributed by atoms with Gasteiger partial charge in [0.15, 0.2) is 0 Å². The van der Waals surface area contributed by atoms with Crippen molar-refractivity contribution in [2.45, 2.75) is 25.8 Å². The van der Waals surface area contributed by atoms with Crippen LogP contribution in [0.2, 0.25) is 0 Å². The van der Waals surface area contributed by atoms with Gasteiger partial charge in [-0.15, -0.1) is 0 Å². The van der Waals surface area contributed by atoms with E-state index in [0.717, 1.165) is 29.7 Å². The number of aliphatic hydroxyl groups is 1. The predicted octanol–water partition coefficient (Wildman–Crippen LogP) is 2.24. The lowest BCUT2D eigenvalue weighted by Crippen LogP contribution is -2.37. The molecule has 5 nitrogen and oxygen atoms in total. The number of hydrogen-bond acceptors (Lipinski definition) is 4. The van der Waals surface area contributed by atoms with Crippen molar-refractivity contribution in [3.8, 4) is 11.1 Å². The summed E-state index contributed by atoms with van der Waals surface area (Å²) in [6.07, 6.45) is 1.79. The molecule has 2 heterocycles. The maximum atomic E-state index is 12.7. The van der Waals surface area contributed by atoms with Crippen molar-refractivity contribution < 1.29 is 9.90 Å². The number of rotatable bonds is 3. The van der Waals surface area contributed by atoms with Crippen LogP contribution in [0, 0.1) is 6.92 Å². The van der Waals surface area contributed by atoms with Crippen molar-refractivity contribution in [3.05, 3.63) is 47.7 Å². The van der Waals surface area contributed by atoms with E-state index in [4.69, 9.17) is 5.73 Å². The lowest BCUT2D eigenvalue weighted by atomic mass is 10.0. The molecule has 23 heavy (non-hydrogen) atoms. The number of carbonyl (C=O) groups is 1. The Labute approximate surface area is 135 Å². The molecule has 0 bridgehead atoms. The van der Waals surface area contributed by atoms with Crippen molar-refractivity contribution in [2.75, 3.05) is 18.9 Å². The number of pyridine rings is 1. The lowest BCUT2D eigenvalue weighted by Gasteiger charge is -2.23. The minimum atomic E-state index is -0.0720. The fraction of sp³-hybridized carbons (Fsp3) is 0.333. The molecule has 0 spiro atoms. The number of aryl methyl sites for hydroxylation is 1. The van der Waals surface area contributed by atoms with Gasteiger partial charge in [0.25, 0.3) is 5.91 Å². The van der Waals surface area contributed by atoms with Crippen LogP contribution in [0.15, 0.2) is 36.4 Å². The summed E-state index contributed by atoms with van der Waals surface area (Å²) in [7, 11) is 0. The van der Waals surface area contributed by atoms with Crippen LogP contribution in [0.25, 0.3) is 11.1 Å². The SMILES string of the molecule is Cc1ccc(-c2cccc(C(=O)N3CCCC3CO)c2)c(N)n1. The first-order valence-electron chi connectivity index (χ1n) is 7.85. The number of amides is 1.